The van der Waals surface area contributed by atoms with Crippen LogP contribution in [0.15, 0.2) is 76.7 Å². The van der Waals surface area contributed by atoms with Crippen molar-refractivity contribution in [3.8, 4) is 5.69 Å². The third-order valence-electron chi connectivity index (χ3n) is 4.56. The van der Waals surface area contributed by atoms with Crippen LogP contribution in [-0.2, 0) is 4.79 Å². The van der Waals surface area contributed by atoms with Gasteiger partial charge in [0, 0.05) is 0 Å². The van der Waals surface area contributed by atoms with E-state index in [1.807, 2.05) is 0 Å². The summed E-state index contributed by atoms with van der Waals surface area (Å²) in [4.78, 5) is 30.0. The average Bonchev–Trinajstić information content (AvgIpc) is 2.75. The quantitative estimate of drug-likeness (QED) is 0.350. The summed E-state index contributed by atoms with van der Waals surface area (Å²) in [6.45, 7) is 0. The van der Waals surface area contributed by atoms with Gasteiger partial charge in [-0.3, -0.25) is 14.2 Å². The minimum atomic E-state index is -0.948. The van der Waals surface area contributed by atoms with E-state index in [9.17, 15) is 18.4 Å². The molecular weight excluding hydrogens is 444 g/mol. The molecule has 0 bridgehead atoms. The average molecular weight is 458 g/mol. The summed E-state index contributed by atoms with van der Waals surface area (Å²) in [5, 5.41) is -0.626. The van der Waals surface area contributed by atoms with Crippen molar-refractivity contribution in [3.63, 3.8) is 0 Å². The number of carbonyl (C=O) groups excluding carboxylic acids is 1. The van der Waals surface area contributed by atoms with Gasteiger partial charge >= 0.3 is 0 Å². The molecule has 1 atom stereocenters. The SMILES string of the molecule is NC(=O)[C@@H](Sc1nc2ccccc2c(=O)n1-c1ccc(F)c(Cl)c1)c1ccc(F)cc1. The number of hydrogen-bond acceptors (Lipinski definition) is 4. The molecule has 2 N–H and O–H groups in total. The fraction of sp³-hybridized carbons (Fsp3) is 0.0455. The van der Waals surface area contributed by atoms with Crippen LogP contribution < -0.4 is 11.3 Å². The van der Waals surface area contributed by atoms with Crippen LogP contribution in [0, 0.1) is 11.6 Å². The lowest BCUT2D eigenvalue weighted by atomic mass is 10.1. The van der Waals surface area contributed by atoms with Gasteiger partial charge in [0.1, 0.15) is 16.9 Å². The number of nitrogens with two attached hydrogens (primary N) is 1. The predicted molar refractivity (Wildman–Crippen MR) is 117 cm³/mol. The van der Waals surface area contributed by atoms with Crippen LogP contribution in [0.5, 0.6) is 0 Å². The van der Waals surface area contributed by atoms with Crippen LogP contribution >= 0.6 is 23.4 Å². The molecule has 0 saturated heterocycles. The minimum Gasteiger partial charge on any atom is -0.368 e. The number of hydrogen-bond donors (Lipinski definition) is 1. The Morgan fingerprint density at radius 2 is 1.77 bits per heavy atom. The first kappa shape index (κ1) is 21.0. The third kappa shape index (κ3) is 4.17. The van der Waals surface area contributed by atoms with E-state index < -0.39 is 28.4 Å². The topological polar surface area (TPSA) is 78.0 Å². The van der Waals surface area contributed by atoms with Crippen molar-refractivity contribution in [2.24, 2.45) is 5.73 Å². The van der Waals surface area contributed by atoms with Crippen molar-refractivity contribution < 1.29 is 13.6 Å². The van der Waals surface area contributed by atoms with Crippen LogP contribution in [0.3, 0.4) is 0 Å². The molecule has 4 aromatic rings. The first-order valence-corrected chi connectivity index (χ1v) is 10.3. The van der Waals surface area contributed by atoms with Gasteiger partial charge in [-0.25, -0.2) is 13.8 Å². The monoisotopic (exact) mass is 457 g/mol. The zero-order valence-electron chi connectivity index (χ0n) is 15.8. The molecule has 1 amide bonds. The molecule has 1 aromatic heterocycles. The molecule has 9 heteroatoms. The van der Waals surface area contributed by atoms with E-state index in [-0.39, 0.29) is 15.9 Å². The van der Waals surface area contributed by atoms with Crippen molar-refractivity contribution in [2.75, 3.05) is 0 Å². The van der Waals surface area contributed by atoms with Crippen molar-refractivity contribution >= 4 is 40.2 Å². The van der Waals surface area contributed by atoms with Gasteiger partial charge in [0.15, 0.2) is 5.16 Å². The fourth-order valence-corrected chi connectivity index (χ4v) is 4.32. The number of amides is 1. The van der Waals surface area contributed by atoms with Gasteiger partial charge < -0.3 is 5.73 Å². The van der Waals surface area contributed by atoms with E-state index in [4.69, 9.17) is 17.3 Å². The zero-order chi connectivity index (χ0) is 22.1. The summed E-state index contributed by atoms with van der Waals surface area (Å²) in [7, 11) is 0. The van der Waals surface area contributed by atoms with Gasteiger partial charge in [-0.1, -0.05) is 47.6 Å². The Bertz CT molecular complexity index is 1360. The van der Waals surface area contributed by atoms with E-state index in [1.165, 1.54) is 41.0 Å². The molecule has 0 unspecified atom stereocenters. The molecular formula is C22H14ClF2N3O2S. The molecule has 5 nitrogen and oxygen atoms in total. The molecule has 3 aromatic carbocycles. The fourth-order valence-electron chi connectivity index (χ4n) is 3.08. The molecule has 0 fully saturated rings. The summed E-state index contributed by atoms with van der Waals surface area (Å²) >= 11 is 6.86. The first-order valence-electron chi connectivity index (χ1n) is 9.04. The maximum absolute atomic E-state index is 13.7. The molecule has 0 aliphatic carbocycles. The summed E-state index contributed by atoms with van der Waals surface area (Å²) in [6, 6.07) is 15.9. The van der Waals surface area contributed by atoms with E-state index in [0.29, 0.717) is 16.5 Å². The number of aromatic nitrogens is 2. The standard InChI is InChI=1S/C22H14ClF2N3O2S/c23-16-11-14(9-10-17(16)25)28-21(30)15-3-1-2-4-18(15)27-22(28)31-19(20(26)29)12-5-7-13(24)8-6-12/h1-11,19H,(H2,26,29)/t19-/m0/s1. The van der Waals surface area contributed by atoms with Crippen molar-refractivity contribution in [1.29, 1.82) is 0 Å². The number of primary amides is 1. The second-order valence-corrected chi connectivity index (χ2v) is 8.08. The highest BCUT2D eigenvalue weighted by Gasteiger charge is 2.24. The molecule has 0 spiro atoms. The number of thioether (sulfide) groups is 1. The molecule has 156 valence electrons. The first-order chi connectivity index (χ1) is 14.8. The second kappa shape index (κ2) is 8.49. The van der Waals surface area contributed by atoms with Gasteiger partial charge in [-0.2, -0.15) is 0 Å². The number of benzene rings is 3. The Labute approximate surface area is 184 Å². The van der Waals surface area contributed by atoms with Gasteiger partial charge in [0.2, 0.25) is 5.91 Å². The second-order valence-electron chi connectivity index (χ2n) is 6.60. The van der Waals surface area contributed by atoms with Gasteiger partial charge in [0.05, 0.1) is 21.6 Å². The largest absolute Gasteiger partial charge is 0.368 e. The summed E-state index contributed by atoms with van der Waals surface area (Å²) in [6.07, 6.45) is 0. The lowest BCUT2D eigenvalue weighted by Crippen LogP contribution is -2.24. The highest BCUT2D eigenvalue weighted by Crippen LogP contribution is 2.35. The Hall–Kier alpha value is -3.23. The van der Waals surface area contributed by atoms with Crippen LogP contribution in [0.4, 0.5) is 8.78 Å². The van der Waals surface area contributed by atoms with Gasteiger partial charge in [0.25, 0.3) is 5.56 Å². The van der Waals surface area contributed by atoms with Crippen LogP contribution in [0.1, 0.15) is 10.8 Å². The Balaban J connectivity index is 1.93. The number of fused-ring (bicyclic) bond motifs is 1. The number of para-hydroxylation sites is 1. The van der Waals surface area contributed by atoms with Gasteiger partial charge in [-0.05, 0) is 48.0 Å². The third-order valence-corrected chi connectivity index (χ3v) is 6.08. The lowest BCUT2D eigenvalue weighted by Gasteiger charge is -2.18. The normalized spacial score (nSPS) is 12.1. The van der Waals surface area contributed by atoms with Gasteiger partial charge in [-0.15, -0.1) is 0 Å². The molecule has 4 rings (SSSR count). The molecule has 31 heavy (non-hydrogen) atoms. The molecule has 0 aliphatic rings. The van der Waals surface area contributed by atoms with E-state index in [2.05, 4.69) is 4.98 Å². The van der Waals surface area contributed by atoms with Crippen molar-refractivity contribution in [2.45, 2.75) is 10.4 Å². The maximum atomic E-state index is 13.7. The summed E-state index contributed by atoms with van der Waals surface area (Å²) in [5.74, 6) is -1.79. The lowest BCUT2D eigenvalue weighted by molar-refractivity contribution is -0.117. The molecule has 0 aliphatic heterocycles. The number of nitrogens with zero attached hydrogens (tertiary/aromatic N) is 2. The highest BCUT2D eigenvalue weighted by atomic mass is 35.5. The maximum Gasteiger partial charge on any atom is 0.266 e. The van der Waals surface area contributed by atoms with Crippen LogP contribution in [0.25, 0.3) is 16.6 Å². The number of halogens is 3. The number of rotatable bonds is 5. The van der Waals surface area contributed by atoms with Crippen LogP contribution in [-0.4, -0.2) is 15.5 Å². The summed E-state index contributed by atoms with van der Waals surface area (Å²) < 4.78 is 28.3. The number of carbonyl (C=O) groups is 1. The molecule has 0 radical (unpaired) electrons. The minimum absolute atomic E-state index is 0.152. The zero-order valence-corrected chi connectivity index (χ0v) is 17.3. The predicted octanol–water partition coefficient (Wildman–Crippen LogP) is 4.64. The van der Waals surface area contributed by atoms with E-state index >= 15 is 0 Å². The van der Waals surface area contributed by atoms with E-state index in [1.54, 1.807) is 24.3 Å². The Morgan fingerprint density at radius 3 is 2.45 bits per heavy atom. The molecule has 0 saturated carbocycles. The highest BCUT2D eigenvalue weighted by molar-refractivity contribution is 8.00. The Morgan fingerprint density at radius 1 is 1.06 bits per heavy atom. The van der Waals surface area contributed by atoms with Crippen LogP contribution in [0.2, 0.25) is 5.02 Å². The smallest absolute Gasteiger partial charge is 0.266 e. The summed E-state index contributed by atoms with van der Waals surface area (Å²) in [5.41, 5.74) is 6.32. The Kier molecular flexibility index (Phi) is 5.75. The van der Waals surface area contributed by atoms with E-state index in [0.717, 1.165) is 17.8 Å². The van der Waals surface area contributed by atoms with Crippen molar-refractivity contribution in [3.05, 3.63) is 99.3 Å². The molecule has 1 heterocycles. The van der Waals surface area contributed by atoms with Crippen molar-refractivity contribution in [1.82, 2.24) is 9.55 Å².